The average Bonchev–Trinajstić information content (AvgIpc) is 3.14. The molecule has 8 nitrogen and oxygen atoms in total. The fraction of sp³-hybridized carbons (Fsp3) is 0.474. The van der Waals surface area contributed by atoms with E-state index in [2.05, 4.69) is 20.2 Å². The predicted octanol–water partition coefficient (Wildman–Crippen LogP) is 1.68. The van der Waals surface area contributed by atoms with Crippen molar-refractivity contribution in [2.75, 3.05) is 7.11 Å². The van der Waals surface area contributed by atoms with Crippen LogP contribution in [0.4, 0.5) is 0 Å². The molecule has 1 aliphatic rings. The van der Waals surface area contributed by atoms with Crippen LogP contribution in [0.5, 0.6) is 5.75 Å². The lowest BCUT2D eigenvalue weighted by molar-refractivity contribution is -0.121. The second-order valence-corrected chi connectivity index (χ2v) is 8.85. The topological polar surface area (TPSA) is 113 Å². The molecule has 0 aliphatic heterocycles. The van der Waals surface area contributed by atoms with Gasteiger partial charge in [0.15, 0.2) is 0 Å². The lowest BCUT2D eigenvalue weighted by Gasteiger charge is -2.30. The first-order valence-corrected chi connectivity index (χ1v) is 10.8. The highest BCUT2D eigenvalue weighted by Gasteiger charge is 2.27. The van der Waals surface area contributed by atoms with Crippen LogP contribution >= 0.6 is 0 Å². The first-order valence-electron chi connectivity index (χ1n) is 9.32. The van der Waals surface area contributed by atoms with E-state index in [1.165, 1.54) is 0 Å². The lowest BCUT2D eigenvalue weighted by atomic mass is 9.91. The minimum absolute atomic E-state index is 0.0468. The van der Waals surface area contributed by atoms with Gasteiger partial charge in [-0.05, 0) is 62.4 Å². The Morgan fingerprint density at radius 1 is 1.29 bits per heavy atom. The number of carbonyl (C=O) groups is 1. The summed E-state index contributed by atoms with van der Waals surface area (Å²) in [6, 6.07) is 6.30. The van der Waals surface area contributed by atoms with Gasteiger partial charge in [-0.25, -0.2) is 13.1 Å². The van der Waals surface area contributed by atoms with Crippen LogP contribution in [0.2, 0.25) is 0 Å². The molecule has 0 radical (unpaired) electrons. The van der Waals surface area contributed by atoms with Crippen molar-refractivity contribution in [2.24, 2.45) is 0 Å². The van der Waals surface area contributed by atoms with Crippen LogP contribution in [0.25, 0.3) is 0 Å². The van der Waals surface area contributed by atoms with Gasteiger partial charge in [0.1, 0.15) is 5.75 Å². The number of nitrogens with one attached hydrogen (secondary N) is 3. The van der Waals surface area contributed by atoms with Crippen molar-refractivity contribution in [3.05, 3.63) is 41.7 Å². The van der Waals surface area contributed by atoms with Crippen molar-refractivity contribution in [1.82, 2.24) is 20.2 Å². The molecule has 1 saturated carbocycles. The quantitative estimate of drug-likeness (QED) is 0.647. The van der Waals surface area contributed by atoms with Gasteiger partial charge in [-0.1, -0.05) is 0 Å². The molecule has 3 rings (SSSR count). The van der Waals surface area contributed by atoms with E-state index in [0.29, 0.717) is 12.2 Å². The number of carbonyl (C=O) groups excluding carboxylic acids is 1. The SMILES string of the molecule is COc1ccc(S(=O)(=O)N[C@@H]2CCC[C@@H](NC(=O)Cc3ccn[nH]3)C2)cc1C. The van der Waals surface area contributed by atoms with Crippen molar-refractivity contribution in [1.29, 1.82) is 0 Å². The molecular weight excluding hydrogens is 380 g/mol. The van der Waals surface area contributed by atoms with E-state index in [1.54, 1.807) is 37.6 Å². The van der Waals surface area contributed by atoms with Gasteiger partial charge < -0.3 is 10.1 Å². The van der Waals surface area contributed by atoms with Crippen molar-refractivity contribution in [3.63, 3.8) is 0 Å². The summed E-state index contributed by atoms with van der Waals surface area (Å²) in [7, 11) is -2.08. The van der Waals surface area contributed by atoms with Gasteiger partial charge in [-0.15, -0.1) is 0 Å². The average molecular weight is 407 g/mol. The Bertz CT molecular complexity index is 912. The van der Waals surface area contributed by atoms with Gasteiger partial charge in [-0.2, -0.15) is 5.10 Å². The Morgan fingerprint density at radius 2 is 2.07 bits per heavy atom. The minimum Gasteiger partial charge on any atom is -0.496 e. The largest absolute Gasteiger partial charge is 0.496 e. The molecule has 1 heterocycles. The molecule has 1 aromatic heterocycles. The minimum atomic E-state index is -3.63. The summed E-state index contributed by atoms with van der Waals surface area (Å²) in [6.07, 6.45) is 4.86. The van der Waals surface area contributed by atoms with Crippen molar-refractivity contribution in [3.8, 4) is 5.75 Å². The number of methoxy groups -OCH3 is 1. The number of nitrogens with zero attached hydrogens (tertiary/aromatic N) is 1. The van der Waals surface area contributed by atoms with Crippen LogP contribution in [-0.4, -0.2) is 43.7 Å². The third-order valence-electron chi connectivity index (χ3n) is 4.95. The molecule has 0 saturated heterocycles. The number of aromatic nitrogens is 2. The van der Waals surface area contributed by atoms with Gasteiger partial charge >= 0.3 is 0 Å². The van der Waals surface area contributed by atoms with E-state index in [0.717, 1.165) is 30.5 Å². The predicted molar refractivity (Wildman–Crippen MR) is 105 cm³/mol. The highest BCUT2D eigenvalue weighted by molar-refractivity contribution is 7.89. The van der Waals surface area contributed by atoms with Gasteiger partial charge in [0.25, 0.3) is 0 Å². The first-order chi connectivity index (χ1) is 13.4. The molecule has 0 bridgehead atoms. The maximum Gasteiger partial charge on any atom is 0.240 e. The van der Waals surface area contributed by atoms with Crippen LogP contribution in [0.3, 0.4) is 0 Å². The standard InChI is InChI=1S/C19H26N4O4S/c1-13-10-17(6-7-18(13)27-2)28(25,26)23-16-5-3-4-14(11-16)21-19(24)12-15-8-9-20-22-15/h6-10,14,16,23H,3-5,11-12H2,1-2H3,(H,20,22)(H,21,24)/t14-,16-/m1/s1. The van der Waals surface area contributed by atoms with Crippen LogP contribution in [0.1, 0.15) is 36.9 Å². The molecule has 2 atom stereocenters. The number of hydrogen-bond acceptors (Lipinski definition) is 5. The molecule has 28 heavy (non-hydrogen) atoms. The highest BCUT2D eigenvalue weighted by Crippen LogP contribution is 2.24. The third kappa shape index (κ3) is 5.11. The van der Waals surface area contributed by atoms with E-state index in [9.17, 15) is 13.2 Å². The summed E-state index contributed by atoms with van der Waals surface area (Å²) in [5, 5.41) is 9.59. The van der Waals surface area contributed by atoms with Crippen molar-refractivity contribution in [2.45, 2.75) is 56.0 Å². The molecule has 1 aromatic carbocycles. The number of sulfonamides is 1. The first kappa shape index (κ1) is 20.3. The Morgan fingerprint density at radius 3 is 2.75 bits per heavy atom. The molecule has 1 aliphatic carbocycles. The van der Waals surface area contributed by atoms with Crippen LogP contribution in [0, 0.1) is 6.92 Å². The number of rotatable bonds is 7. The normalized spacial score (nSPS) is 19.9. The van der Waals surface area contributed by atoms with Crippen LogP contribution in [-0.2, 0) is 21.2 Å². The molecule has 1 fully saturated rings. The summed E-state index contributed by atoms with van der Waals surface area (Å²) >= 11 is 0. The van der Waals surface area contributed by atoms with Gasteiger partial charge in [0.2, 0.25) is 15.9 Å². The molecule has 3 N–H and O–H groups in total. The van der Waals surface area contributed by atoms with Gasteiger partial charge in [-0.3, -0.25) is 9.89 Å². The number of ether oxygens (including phenoxy) is 1. The fourth-order valence-electron chi connectivity index (χ4n) is 3.57. The summed E-state index contributed by atoms with van der Waals surface area (Å²) in [4.78, 5) is 12.4. The number of amides is 1. The number of hydrogen-bond donors (Lipinski definition) is 3. The summed E-state index contributed by atoms with van der Waals surface area (Å²) < 4.78 is 33.5. The number of H-pyrrole nitrogens is 1. The monoisotopic (exact) mass is 406 g/mol. The summed E-state index contributed by atoms with van der Waals surface area (Å²) in [5.41, 5.74) is 1.51. The smallest absolute Gasteiger partial charge is 0.240 e. The van der Waals surface area contributed by atoms with Crippen molar-refractivity contribution < 1.29 is 17.9 Å². The van der Waals surface area contributed by atoms with E-state index in [4.69, 9.17) is 4.74 Å². The molecule has 9 heteroatoms. The summed E-state index contributed by atoms with van der Waals surface area (Å²) in [6.45, 7) is 1.81. The van der Waals surface area contributed by atoms with Gasteiger partial charge in [0, 0.05) is 24.0 Å². The van der Waals surface area contributed by atoms with Crippen LogP contribution < -0.4 is 14.8 Å². The maximum absolute atomic E-state index is 12.7. The van der Waals surface area contributed by atoms with Crippen LogP contribution in [0.15, 0.2) is 35.4 Å². The number of aryl methyl sites for hydroxylation is 1. The Kier molecular flexibility index (Phi) is 6.35. The zero-order valence-corrected chi connectivity index (χ0v) is 16.9. The number of benzene rings is 1. The van der Waals surface area contributed by atoms with E-state index < -0.39 is 10.0 Å². The van der Waals surface area contributed by atoms with Crippen molar-refractivity contribution >= 4 is 15.9 Å². The van der Waals surface area contributed by atoms with E-state index >= 15 is 0 Å². The molecule has 0 spiro atoms. The highest BCUT2D eigenvalue weighted by atomic mass is 32.2. The Balaban J connectivity index is 1.59. The molecule has 0 unspecified atom stereocenters. The molecule has 1 amide bonds. The van der Waals surface area contributed by atoms with E-state index in [1.807, 2.05) is 6.92 Å². The molecular formula is C19H26N4O4S. The zero-order valence-electron chi connectivity index (χ0n) is 16.1. The Hall–Kier alpha value is -2.39. The summed E-state index contributed by atoms with van der Waals surface area (Å²) in [5.74, 6) is 0.556. The third-order valence-corrected chi connectivity index (χ3v) is 6.47. The zero-order chi connectivity index (χ0) is 20.1. The second kappa shape index (κ2) is 8.74. The molecule has 152 valence electrons. The lowest BCUT2D eigenvalue weighted by Crippen LogP contribution is -2.46. The second-order valence-electron chi connectivity index (χ2n) is 7.14. The number of aromatic amines is 1. The Labute approximate surface area is 165 Å². The maximum atomic E-state index is 12.7. The fourth-order valence-corrected chi connectivity index (χ4v) is 4.94. The van der Waals surface area contributed by atoms with E-state index in [-0.39, 0.29) is 29.3 Å². The van der Waals surface area contributed by atoms with Gasteiger partial charge in [0.05, 0.1) is 18.4 Å². The molecule has 2 aromatic rings.